The fourth-order valence-electron chi connectivity index (χ4n) is 2.30. The van der Waals surface area contributed by atoms with Gasteiger partial charge in [-0.25, -0.2) is 8.42 Å². The fourth-order valence-corrected chi connectivity index (χ4v) is 3.37. The lowest BCUT2D eigenvalue weighted by Crippen LogP contribution is -2.40. The minimum absolute atomic E-state index is 0.0368. The molecule has 0 atom stereocenters. The maximum Gasteiger partial charge on any atom is 0.262 e. The largest absolute Gasteiger partial charge is 0.493 e. The van der Waals surface area contributed by atoms with Crippen molar-refractivity contribution in [3.05, 3.63) is 48.0 Å². The van der Waals surface area contributed by atoms with E-state index in [2.05, 4.69) is 10.0 Å². The number of methoxy groups -OCH3 is 2. The molecule has 0 bridgehead atoms. The summed E-state index contributed by atoms with van der Waals surface area (Å²) < 4.78 is 37.9. The van der Waals surface area contributed by atoms with E-state index in [1.54, 1.807) is 12.1 Å². The molecule has 1 amide bonds. The van der Waals surface area contributed by atoms with E-state index in [1.165, 1.54) is 44.6 Å². The maximum atomic E-state index is 12.6. The van der Waals surface area contributed by atoms with Gasteiger partial charge in [0.05, 0.1) is 19.1 Å². The zero-order valence-corrected chi connectivity index (χ0v) is 16.8. The van der Waals surface area contributed by atoms with Crippen LogP contribution in [0.1, 0.15) is 31.1 Å². The molecule has 0 spiro atoms. The first kappa shape index (κ1) is 20.6. The average molecular weight is 392 g/mol. The SMILES string of the molecule is COc1ccc(S(=O)(=O)Nc2ccc(C(=O)NC(C)(C)C)cc2)cc1OC. The van der Waals surface area contributed by atoms with Crippen molar-refractivity contribution in [2.45, 2.75) is 31.2 Å². The number of anilines is 1. The summed E-state index contributed by atoms with van der Waals surface area (Å²) in [4.78, 5) is 12.2. The highest BCUT2D eigenvalue weighted by atomic mass is 32.2. The van der Waals surface area contributed by atoms with Crippen molar-refractivity contribution >= 4 is 21.6 Å². The Hall–Kier alpha value is -2.74. The topological polar surface area (TPSA) is 93.7 Å². The second-order valence-corrected chi connectivity index (χ2v) is 8.59. The molecule has 0 aromatic heterocycles. The van der Waals surface area contributed by atoms with Crippen LogP contribution in [0.5, 0.6) is 11.5 Å². The maximum absolute atomic E-state index is 12.6. The lowest BCUT2D eigenvalue weighted by atomic mass is 10.1. The van der Waals surface area contributed by atoms with Gasteiger partial charge in [0, 0.05) is 22.9 Å². The smallest absolute Gasteiger partial charge is 0.262 e. The Morgan fingerprint density at radius 2 is 1.52 bits per heavy atom. The number of carbonyl (C=O) groups is 1. The van der Waals surface area contributed by atoms with Gasteiger partial charge in [-0.05, 0) is 57.2 Å². The number of nitrogens with one attached hydrogen (secondary N) is 2. The summed E-state index contributed by atoms with van der Waals surface area (Å²) in [6.45, 7) is 5.66. The molecule has 0 radical (unpaired) electrons. The molecule has 0 fully saturated rings. The predicted molar refractivity (Wildman–Crippen MR) is 104 cm³/mol. The molecule has 0 aliphatic heterocycles. The summed E-state index contributed by atoms with van der Waals surface area (Å²) in [6, 6.07) is 10.5. The van der Waals surface area contributed by atoms with Gasteiger partial charge < -0.3 is 14.8 Å². The van der Waals surface area contributed by atoms with Crippen LogP contribution in [0.4, 0.5) is 5.69 Å². The van der Waals surface area contributed by atoms with Crippen molar-refractivity contribution in [3.63, 3.8) is 0 Å². The first-order valence-electron chi connectivity index (χ1n) is 8.23. The summed E-state index contributed by atoms with van der Waals surface area (Å²) in [5.74, 6) is 0.525. The molecule has 2 aromatic rings. The highest BCUT2D eigenvalue weighted by Crippen LogP contribution is 2.30. The number of carbonyl (C=O) groups excluding carboxylic acids is 1. The van der Waals surface area contributed by atoms with Gasteiger partial charge in [-0.2, -0.15) is 0 Å². The summed E-state index contributed by atoms with van der Waals surface area (Å²) in [7, 11) is -0.911. The minimum atomic E-state index is -3.82. The van der Waals surface area contributed by atoms with Crippen LogP contribution in [-0.4, -0.2) is 34.1 Å². The third-order valence-corrected chi connectivity index (χ3v) is 4.93. The van der Waals surface area contributed by atoms with E-state index < -0.39 is 10.0 Å². The van der Waals surface area contributed by atoms with Crippen molar-refractivity contribution in [3.8, 4) is 11.5 Å². The Labute approximate surface area is 159 Å². The van der Waals surface area contributed by atoms with E-state index >= 15 is 0 Å². The third kappa shape index (κ3) is 5.37. The molecule has 0 heterocycles. The van der Waals surface area contributed by atoms with E-state index in [-0.39, 0.29) is 16.3 Å². The lowest BCUT2D eigenvalue weighted by molar-refractivity contribution is 0.0919. The van der Waals surface area contributed by atoms with Crippen molar-refractivity contribution in [1.29, 1.82) is 0 Å². The predicted octanol–water partition coefficient (Wildman–Crippen LogP) is 3.03. The molecule has 2 aromatic carbocycles. The molecule has 0 saturated heterocycles. The first-order valence-corrected chi connectivity index (χ1v) is 9.71. The molecule has 8 heteroatoms. The second-order valence-electron chi connectivity index (χ2n) is 6.90. The van der Waals surface area contributed by atoms with Gasteiger partial charge in [0.2, 0.25) is 0 Å². The van der Waals surface area contributed by atoms with Crippen LogP contribution in [0.2, 0.25) is 0 Å². The monoisotopic (exact) mass is 392 g/mol. The Morgan fingerprint density at radius 3 is 2.04 bits per heavy atom. The molecule has 27 heavy (non-hydrogen) atoms. The summed E-state index contributed by atoms with van der Waals surface area (Å²) in [6.07, 6.45) is 0. The lowest BCUT2D eigenvalue weighted by Gasteiger charge is -2.20. The second kappa shape index (κ2) is 7.87. The van der Waals surface area contributed by atoms with E-state index in [0.717, 1.165) is 0 Å². The van der Waals surface area contributed by atoms with Gasteiger partial charge in [0.15, 0.2) is 11.5 Å². The normalized spacial score (nSPS) is 11.6. The van der Waals surface area contributed by atoms with Crippen LogP contribution in [0.3, 0.4) is 0 Å². The van der Waals surface area contributed by atoms with Crippen LogP contribution >= 0.6 is 0 Å². The van der Waals surface area contributed by atoms with E-state index in [4.69, 9.17) is 9.47 Å². The molecular weight excluding hydrogens is 368 g/mol. The zero-order chi connectivity index (χ0) is 20.2. The molecule has 0 unspecified atom stereocenters. The highest BCUT2D eigenvalue weighted by molar-refractivity contribution is 7.92. The van der Waals surface area contributed by atoms with Gasteiger partial charge in [-0.15, -0.1) is 0 Å². The molecule has 146 valence electrons. The fraction of sp³-hybridized carbons (Fsp3) is 0.316. The van der Waals surface area contributed by atoms with Crippen molar-refractivity contribution in [1.82, 2.24) is 5.32 Å². The van der Waals surface area contributed by atoms with Crippen LogP contribution in [0.25, 0.3) is 0 Å². The van der Waals surface area contributed by atoms with Gasteiger partial charge in [-0.1, -0.05) is 0 Å². The summed E-state index contributed by atoms with van der Waals surface area (Å²) in [5.41, 5.74) is 0.432. The number of rotatable bonds is 6. The molecule has 2 rings (SSSR count). The molecule has 2 N–H and O–H groups in total. The minimum Gasteiger partial charge on any atom is -0.493 e. The van der Waals surface area contributed by atoms with E-state index in [9.17, 15) is 13.2 Å². The Bertz CT molecular complexity index is 916. The number of sulfonamides is 1. The summed E-state index contributed by atoms with van der Waals surface area (Å²) >= 11 is 0. The summed E-state index contributed by atoms with van der Waals surface area (Å²) in [5, 5.41) is 2.85. The van der Waals surface area contributed by atoms with Gasteiger partial charge >= 0.3 is 0 Å². The number of hydrogen-bond acceptors (Lipinski definition) is 5. The number of benzene rings is 2. The molecule has 0 aliphatic rings. The molecular formula is C19H24N2O5S. The van der Waals surface area contributed by atoms with Crippen LogP contribution in [0.15, 0.2) is 47.4 Å². The van der Waals surface area contributed by atoms with E-state index in [0.29, 0.717) is 22.7 Å². The van der Waals surface area contributed by atoms with Crippen molar-refractivity contribution in [2.24, 2.45) is 0 Å². The van der Waals surface area contributed by atoms with Crippen molar-refractivity contribution < 1.29 is 22.7 Å². The van der Waals surface area contributed by atoms with Crippen LogP contribution in [-0.2, 0) is 10.0 Å². The van der Waals surface area contributed by atoms with Gasteiger partial charge in [-0.3, -0.25) is 9.52 Å². The average Bonchev–Trinajstić information content (AvgIpc) is 2.59. The van der Waals surface area contributed by atoms with E-state index in [1.807, 2.05) is 20.8 Å². The van der Waals surface area contributed by atoms with Crippen LogP contribution in [0, 0.1) is 0 Å². The standard InChI is InChI=1S/C19H24N2O5S/c1-19(2,3)20-18(22)13-6-8-14(9-7-13)21-27(23,24)15-10-11-16(25-4)17(12-15)26-5/h6-12,21H,1-5H3,(H,20,22). The molecule has 0 aliphatic carbocycles. The highest BCUT2D eigenvalue weighted by Gasteiger charge is 2.18. The number of hydrogen-bond donors (Lipinski definition) is 2. The van der Waals surface area contributed by atoms with Crippen molar-refractivity contribution in [2.75, 3.05) is 18.9 Å². The Balaban J connectivity index is 2.20. The molecule has 7 nitrogen and oxygen atoms in total. The first-order chi connectivity index (χ1) is 12.6. The Kier molecular flexibility index (Phi) is 6.00. The van der Waals surface area contributed by atoms with Crippen LogP contribution < -0.4 is 19.5 Å². The van der Waals surface area contributed by atoms with Gasteiger partial charge in [0.25, 0.3) is 15.9 Å². The quantitative estimate of drug-likeness (QED) is 0.788. The molecule has 0 saturated carbocycles. The number of amides is 1. The zero-order valence-electron chi connectivity index (χ0n) is 16.0. The Morgan fingerprint density at radius 1 is 0.926 bits per heavy atom. The number of ether oxygens (including phenoxy) is 2. The van der Waals surface area contributed by atoms with Gasteiger partial charge in [0.1, 0.15) is 0 Å². The third-order valence-electron chi connectivity index (χ3n) is 3.55.